The van der Waals surface area contributed by atoms with Crippen molar-refractivity contribution in [1.29, 1.82) is 0 Å². The fraction of sp³-hybridized carbons (Fsp3) is 0.611. The molecule has 22 heavy (non-hydrogen) atoms. The third kappa shape index (κ3) is 2.89. The highest BCUT2D eigenvalue weighted by molar-refractivity contribution is 6.30. The van der Waals surface area contributed by atoms with Gasteiger partial charge in [0.1, 0.15) is 0 Å². The Hall–Kier alpha value is -1.06. The molecule has 1 saturated carbocycles. The van der Waals surface area contributed by atoms with Crippen LogP contribution in [0.25, 0.3) is 0 Å². The van der Waals surface area contributed by atoms with Crippen molar-refractivity contribution in [2.45, 2.75) is 69.1 Å². The Morgan fingerprint density at radius 1 is 1.00 bits per heavy atom. The molecule has 2 saturated heterocycles. The van der Waals surface area contributed by atoms with Gasteiger partial charge in [-0.15, -0.1) is 0 Å². The van der Waals surface area contributed by atoms with E-state index < -0.39 is 0 Å². The molecule has 3 nitrogen and oxygen atoms in total. The molecule has 2 bridgehead atoms. The molecule has 2 aliphatic heterocycles. The van der Waals surface area contributed by atoms with Crippen molar-refractivity contribution in [3.63, 3.8) is 0 Å². The minimum Gasteiger partial charge on any atom is -0.349 e. The molecule has 0 radical (unpaired) electrons. The van der Waals surface area contributed by atoms with E-state index in [0.29, 0.717) is 16.6 Å². The molecule has 1 aromatic carbocycles. The first-order valence-corrected chi connectivity index (χ1v) is 9.01. The Labute approximate surface area is 137 Å². The van der Waals surface area contributed by atoms with Crippen LogP contribution in [0.1, 0.15) is 55.3 Å². The number of amides is 1. The van der Waals surface area contributed by atoms with Gasteiger partial charge in [-0.05, 0) is 43.5 Å². The van der Waals surface area contributed by atoms with Gasteiger partial charge in [-0.3, -0.25) is 4.79 Å². The molecule has 1 aromatic rings. The summed E-state index contributed by atoms with van der Waals surface area (Å²) in [6, 6.07) is 10.0. The largest absolute Gasteiger partial charge is 0.349 e. The maximum absolute atomic E-state index is 12.4. The van der Waals surface area contributed by atoms with Crippen LogP contribution in [-0.4, -0.2) is 30.1 Å². The summed E-state index contributed by atoms with van der Waals surface area (Å²) in [7, 11) is 0. The Morgan fingerprint density at radius 3 is 2.23 bits per heavy atom. The maximum Gasteiger partial charge on any atom is 0.251 e. The van der Waals surface area contributed by atoms with Gasteiger partial charge in [0.15, 0.2) is 0 Å². The van der Waals surface area contributed by atoms with Crippen LogP contribution < -0.4 is 10.2 Å². The van der Waals surface area contributed by atoms with E-state index in [1.807, 2.05) is 17.0 Å². The number of halogens is 1. The highest BCUT2D eigenvalue weighted by atomic mass is 35.5. The van der Waals surface area contributed by atoms with Crippen molar-refractivity contribution in [1.82, 2.24) is 5.32 Å². The zero-order valence-electron chi connectivity index (χ0n) is 12.9. The third-order valence-electron chi connectivity index (χ3n) is 5.68. The molecule has 1 amide bonds. The van der Waals surface area contributed by atoms with Crippen molar-refractivity contribution in [2.24, 2.45) is 0 Å². The van der Waals surface area contributed by atoms with Gasteiger partial charge in [0.25, 0.3) is 5.91 Å². The monoisotopic (exact) mass is 319 g/mol. The predicted octanol–water partition coefficient (Wildman–Crippen LogP) is 2.20. The van der Waals surface area contributed by atoms with E-state index in [2.05, 4.69) is 5.32 Å². The Morgan fingerprint density at radius 2 is 1.64 bits per heavy atom. The van der Waals surface area contributed by atoms with Crippen molar-refractivity contribution < 1.29 is 9.69 Å². The second kappa shape index (κ2) is 5.86. The lowest BCUT2D eigenvalue weighted by Crippen LogP contribution is -3.22. The van der Waals surface area contributed by atoms with Crippen molar-refractivity contribution in [3.8, 4) is 0 Å². The zero-order chi connectivity index (χ0) is 15.1. The summed E-state index contributed by atoms with van der Waals surface area (Å²) in [4.78, 5) is 14.3. The SMILES string of the molecule is O=C(NC1C[C@H]2CCC[C@H](C1)[NH+]2C1CC1)c1ccc(Cl)cc1. The fourth-order valence-corrected chi connectivity index (χ4v) is 4.77. The van der Waals surface area contributed by atoms with E-state index in [1.54, 1.807) is 12.1 Å². The quantitative estimate of drug-likeness (QED) is 0.880. The smallest absolute Gasteiger partial charge is 0.251 e. The summed E-state index contributed by atoms with van der Waals surface area (Å²) >= 11 is 5.89. The highest BCUT2D eigenvalue weighted by Crippen LogP contribution is 2.27. The van der Waals surface area contributed by atoms with E-state index in [0.717, 1.165) is 31.0 Å². The van der Waals surface area contributed by atoms with E-state index >= 15 is 0 Å². The molecule has 3 aliphatic rings. The van der Waals surface area contributed by atoms with Crippen LogP contribution in [0.15, 0.2) is 24.3 Å². The van der Waals surface area contributed by atoms with Crippen LogP contribution in [0.2, 0.25) is 5.02 Å². The van der Waals surface area contributed by atoms with Crippen molar-refractivity contribution in [3.05, 3.63) is 34.9 Å². The zero-order valence-corrected chi connectivity index (χ0v) is 13.6. The molecule has 2 atom stereocenters. The van der Waals surface area contributed by atoms with Gasteiger partial charge in [-0.25, -0.2) is 0 Å². The molecule has 0 aromatic heterocycles. The summed E-state index contributed by atoms with van der Waals surface area (Å²) in [5.74, 6) is 0.0506. The molecule has 0 spiro atoms. The number of hydrogen-bond donors (Lipinski definition) is 2. The van der Waals surface area contributed by atoms with Crippen LogP contribution in [0.4, 0.5) is 0 Å². The molecule has 2 heterocycles. The molecular weight excluding hydrogens is 296 g/mol. The summed E-state index contributed by atoms with van der Waals surface area (Å²) in [6.07, 6.45) is 9.21. The fourth-order valence-electron chi connectivity index (χ4n) is 4.64. The van der Waals surface area contributed by atoms with Gasteiger partial charge in [0, 0.05) is 42.3 Å². The number of benzene rings is 1. The first-order valence-electron chi connectivity index (χ1n) is 8.64. The van der Waals surface area contributed by atoms with Crippen molar-refractivity contribution >= 4 is 17.5 Å². The molecule has 4 rings (SSSR count). The van der Waals surface area contributed by atoms with E-state index in [1.165, 1.54) is 32.1 Å². The number of rotatable bonds is 3. The van der Waals surface area contributed by atoms with E-state index in [4.69, 9.17) is 11.6 Å². The predicted molar refractivity (Wildman–Crippen MR) is 87.4 cm³/mol. The lowest BCUT2D eigenvalue weighted by Gasteiger charge is -2.46. The standard InChI is InChI=1S/C18H23ClN2O/c19-13-6-4-12(5-7-13)18(22)20-14-10-16-2-1-3-17(11-14)21(16)15-8-9-15/h4-7,14-17H,1-3,8-11H2,(H,20,22)/p+1/t16-,17-/m1/s1. The number of hydrogen-bond acceptors (Lipinski definition) is 1. The second-order valence-corrected chi connectivity index (χ2v) is 7.68. The number of quaternary nitrogens is 1. The minimum atomic E-state index is 0.0506. The number of carbonyl (C=O) groups excluding carboxylic acids is 1. The van der Waals surface area contributed by atoms with Gasteiger partial charge >= 0.3 is 0 Å². The van der Waals surface area contributed by atoms with Gasteiger partial charge in [-0.1, -0.05) is 11.6 Å². The molecule has 4 heteroatoms. The summed E-state index contributed by atoms with van der Waals surface area (Å²) < 4.78 is 0. The normalized spacial score (nSPS) is 34.2. The Bertz CT molecular complexity index is 541. The number of nitrogens with one attached hydrogen (secondary N) is 2. The summed E-state index contributed by atoms with van der Waals surface area (Å²) in [5, 5.41) is 3.94. The van der Waals surface area contributed by atoms with Gasteiger partial charge < -0.3 is 10.2 Å². The average Bonchev–Trinajstić information content (AvgIpc) is 3.31. The van der Waals surface area contributed by atoms with Gasteiger partial charge in [-0.2, -0.15) is 0 Å². The van der Waals surface area contributed by atoms with Crippen LogP contribution in [0.5, 0.6) is 0 Å². The molecule has 1 aliphatic carbocycles. The number of fused-ring (bicyclic) bond motifs is 2. The topological polar surface area (TPSA) is 33.5 Å². The first kappa shape index (κ1) is 14.5. The molecule has 3 fully saturated rings. The second-order valence-electron chi connectivity index (χ2n) is 7.25. The van der Waals surface area contributed by atoms with Gasteiger partial charge in [0.05, 0.1) is 18.1 Å². The minimum absolute atomic E-state index is 0.0506. The average molecular weight is 320 g/mol. The number of piperidine rings is 2. The molecule has 118 valence electrons. The summed E-state index contributed by atoms with van der Waals surface area (Å²) in [5.41, 5.74) is 0.714. The highest BCUT2D eigenvalue weighted by Gasteiger charge is 2.48. The van der Waals surface area contributed by atoms with Crippen LogP contribution >= 0.6 is 11.6 Å². The maximum atomic E-state index is 12.4. The first-order chi connectivity index (χ1) is 10.7. The van der Waals surface area contributed by atoms with Crippen LogP contribution in [0.3, 0.4) is 0 Å². The molecular formula is C18H24ClN2O+. The van der Waals surface area contributed by atoms with Gasteiger partial charge in [0.2, 0.25) is 0 Å². The Balaban J connectivity index is 1.41. The Kier molecular flexibility index (Phi) is 3.87. The van der Waals surface area contributed by atoms with E-state index in [-0.39, 0.29) is 5.91 Å². The lowest BCUT2D eigenvalue weighted by atomic mass is 9.81. The molecule has 2 N–H and O–H groups in total. The third-order valence-corrected chi connectivity index (χ3v) is 5.93. The lowest BCUT2D eigenvalue weighted by molar-refractivity contribution is -0.971. The van der Waals surface area contributed by atoms with Crippen LogP contribution in [-0.2, 0) is 0 Å². The van der Waals surface area contributed by atoms with Crippen molar-refractivity contribution in [2.75, 3.05) is 0 Å². The van der Waals surface area contributed by atoms with Crippen LogP contribution in [0, 0.1) is 0 Å². The summed E-state index contributed by atoms with van der Waals surface area (Å²) in [6.45, 7) is 0. The molecule has 0 unspecified atom stereocenters. The number of carbonyl (C=O) groups is 1. The van der Waals surface area contributed by atoms with E-state index in [9.17, 15) is 4.79 Å².